The van der Waals surface area contributed by atoms with Crippen molar-refractivity contribution in [3.8, 4) is 11.5 Å². The lowest BCUT2D eigenvalue weighted by Crippen LogP contribution is -2.25. The average Bonchev–Trinajstić information content (AvgIpc) is 2.43. The van der Waals surface area contributed by atoms with Gasteiger partial charge in [0.05, 0.1) is 5.56 Å². The predicted molar refractivity (Wildman–Crippen MR) is 61.8 cm³/mol. The Kier molecular flexibility index (Phi) is 3.66. The minimum Gasteiger partial charge on any atom is -0.486 e. The van der Waals surface area contributed by atoms with Crippen LogP contribution in [0, 0.1) is 0 Å². The quantitative estimate of drug-likeness (QED) is 0.785. The highest BCUT2D eigenvalue weighted by Gasteiger charge is 2.16. The lowest BCUT2D eigenvalue weighted by Gasteiger charge is -2.18. The first-order valence-electron chi connectivity index (χ1n) is 5.48. The van der Waals surface area contributed by atoms with Gasteiger partial charge in [0, 0.05) is 7.05 Å². The van der Waals surface area contributed by atoms with Crippen molar-refractivity contribution in [3.63, 3.8) is 0 Å². The highest BCUT2D eigenvalue weighted by Crippen LogP contribution is 2.30. The average molecular weight is 251 g/mol. The first-order chi connectivity index (χ1) is 8.70. The molecule has 0 spiro atoms. The van der Waals surface area contributed by atoms with Crippen LogP contribution >= 0.6 is 0 Å². The summed E-state index contributed by atoms with van der Waals surface area (Å²) < 4.78 is 15.5. The molecule has 0 fully saturated rings. The zero-order chi connectivity index (χ0) is 13.0. The fraction of sp³-hybridized carbons (Fsp3) is 0.333. The van der Waals surface area contributed by atoms with Crippen molar-refractivity contribution in [1.29, 1.82) is 0 Å². The molecular weight excluding hydrogens is 238 g/mol. The van der Waals surface area contributed by atoms with Gasteiger partial charge in [-0.1, -0.05) is 0 Å². The molecule has 1 aliphatic rings. The Morgan fingerprint density at radius 1 is 1.28 bits per heavy atom. The van der Waals surface area contributed by atoms with Crippen LogP contribution in [0.2, 0.25) is 0 Å². The maximum Gasteiger partial charge on any atom is 0.338 e. The number of ether oxygens (including phenoxy) is 3. The van der Waals surface area contributed by atoms with Crippen LogP contribution < -0.4 is 14.8 Å². The fourth-order valence-electron chi connectivity index (χ4n) is 1.46. The molecule has 0 aromatic heterocycles. The summed E-state index contributed by atoms with van der Waals surface area (Å²) in [6.45, 7) is 0.640. The third-order valence-electron chi connectivity index (χ3n) is 2.39. The van der Waals surface area contributed by atoms with Crippen LogP contribution in [-0.4, -0.2) is 38.7 Å². The number of esters is 1. The number of amides is 1. The Balaban J connectivity index is 2.04. The van der Waals surface area contributed by atoms with Crippen LogP contribution in [0.1, 0.15) is 10.4 Å². The molecule has 96 valence electrons. The van der Waals surface area contributed by atoms with Gasteiger partial charge in [0.15, 0.2) is 18.1 Å². The molecule has 1 aromatic carbocycles. The molecule has 6 nitrogen and oxygen atoms in total. The first kappa shape index (κ1) is 12.2. The fourth-order valence-corrected chi connectivity index (χ4v) is 1.46. The highest BCUT2D eigenvalue weighted by atomic mass is 16.6. The second kappa shape index (κ2) is 5.39. The number of benzene rings is 1. The van der Waals surface area contributed by atoms with E-state index >= 15 is 0 Å². The molecule has 18 heavy (non-hydrogen) atoms. The zero-order valence-electron chi connectivity index (χ0n) is 9.89. The van der Waals surface area contributed by atoms with E-state index in [0.717, 1.165) is 0 Å². The topological polar surface area (TPSA) is 73.9 Å². The summed E-state index contributed by atoms with van der Waals surface area (Å²) >= 11 is 0. The van der Waals surface area contributed by atoms with E-state index in [0.29, 0.717) is 30.3 Å². The summed E-state index contributed by atoms with van der Waals surface area (Å²) in [7, 11) is 1.47. The minimum absolute atomic E-state index is 0.302. The van der Waals surface area contributed by atoms with Crippen LogP contribution in [0.5, 0.6) is 11.5 Å². The van der Waals surface area contributed by atoms with Crippen molar-refractivity contribution < 1.29 is 23.8 Å². The van der Waals surface area contributed by atoms with Gasteiger partial charge in [-0.05, 0) is 18.2 Å². The van der Waals surface area contributed by atoms with E-state index in [4.69, 9.17) is 14.2 Å². The largest absolute Gasteiger partial charge is 0.486 e. The number of fused-ring (bicyclic) bond motifs is 1. The second-order valence-electron chi connectivity index (χ2n) is 3.61. The smallest absolute Gasteiger partial charge is 0.338 e. The van der Waals surface area contributed by atoms with E-state index in [1.54, 1.807) is 18.2 Å². The Hall–Kier alpha value is -2.24. The molecule has 1 heterocycles. The molecule has 0 bridgehead atoms. The molecular formula is C12H13NO5. The molecule has 1 N–H and O–H groups in total. The van der Waals surface area contributed by atoms with Crippen LogP contribution in [0.3, 0.4) is 0 Å². The lowest BCUT2D eigenvalue weighted by atomic mass is 10.2. The molecule has 6 heteroatoms. The molecule has 0 aliphatic carbocycles. The molecule has 1 aromatic rings. The van der Waals surface area contributed by atoms with Gasteiger partial charge in [-0.25, -0.2) is 4.79 Å². The van der Waals surface area contributed by atoms with Crippen molar-refractivity contribution in [1.82, 2.24) is 5.32 Å². The Bertz CT molecular complexity index is 472. The van der Waals surface area contributed by atoms with E-state index in [2.05, 4.69) is 5.32 Å². The summed E-state index contributed by atoms with van der Waals surface area (Å²) in [6.07, 6.45) is 0. The molecule has 0 radical (unpaired) electrons. The number of hydrogen-bond donors (Lipinski definition) is 1. The van der Waals surface area contributed by atoms with Gasteiger partial charge in [0.2, 0.25) is 0 Å². The summed E-state index contributed by atoms with van der Waals surface area (Å²) in [6, 6.07) is 4.76. The molecule has 2 rings (SSSR count). The Morgan fingerprint density at radius 3 is 2.72 bits per heavy atom. The molecule has 1 amide bonds. The number of rotatable bonds is 3. The second-order valence-corrected chi connectivity index (χ2v) is 3.61. The van der Waals surface area contributed by atoms with Gasteiger partial charge in [0.1, 0.15) is 13.2 Å². The maximum atomic E-state index is 11.7. The van der Waals surface area contributed by atoms with Gasteiger partial charge in [-0.15, -0.1) is 0 Å². The number of carbonyl (C=O) groups excluding carboxylic acids is 2. The van der Waals surface area contributed by atoms with E-state index in [-0.39, 0.29) is 12.5 Å². The van der Waals surface area contributed by atoms with Crippen LogP contribution in [0.15, 0.2) is 18.2 Å². The number of nitrogens with one attached hydrogen (secondary N) is 1. The standard InChI is InChI=1S/C12H13NO5/c1-13-11(14)7-18-12(15)8-2-3-9-10(6-8)17-5-4-16-9/h2-3,6H,4-5,7H2,1H3,(H,13,14). The molecule has 0 saturated carbocycles. The maximum absolute atomic E-state index is 11.7. The Labute approximate surface area is 104 Å². The van der Waals surface area contributed by atoms with E-state index in [1.165, 1.54) is 7.05 Å². The van der Waals surface area contributed by atoms with Gasteiger partial charge < -0.3 is 19.5 Å². The summed E-state index contributed by atoms with van der Waals surface area (Å²) in [4.78, 5) is 22.6. The van der Waals surface area contributed by atoms with Crippen LogP contribution in [0.4, 0.5) is 0 Å². The normalized spacial score (nSPS) is 12.7. The zero-order valence-corrected chi connectivity index (χ0v) is 9.89. The van der Waals surface area contributed by atoms with Gasteiger partial charge in [0.25, 0.3) is 5.91 Å². The third-order valence-corrected chi connectivity index (χ3v) is 2.39. The minimum atomic E-state index is -0.574. The monoisotopic (exact) mass is 251 g/mol. The van der Waals surface area contributed by atoms with Gasteiger partial charge in [-0.3, -0.25) is 4.79 Å². The van der Waals surface area contributed by atoms with Crippen molar-refractivity contribution >= 4 is 11.9 Å². The van der Waals surface area contributed by atoms with Crippen molar-refractivity contribution in [2.75, 3.05) is 26.9 Å². The van der Waals surface area contributed by atoms with Gasteiger partial charge >= 0.3 is 5.97 Å². The summed E-state index contributed by atoms with van der Waals surface area (Å²) in [5, 5.41) is 2.36. The van der Waals surface area contributed by atoms with Crippen LogP contribution in [-0.2, 0) is 9.53 Å². The van der Waals surface area contributed by atoms with Crippen molar-refractivity contribution in [2.45, 2.75) is 0 Å². The van der Waals surface area contributed by atoms with Crippen molar-refractivity contribution in [2.24, 2.45) is 0 Å². The van der Waals surface area contributed by atoms with Crippen LogP contribution in [0.25, 0.3) is 0 Å². The summed E-state index contributed by atoms with van der Waals surface area (Å²) in [5.74, 6) is 0.177. The molecule has 0 unspecified atom stereocenters. The number of carbonyl (C=O) groups is 2. The lowest BCUT2D eigenvalue weighted by molar-refractivity contribution is -0.123. The number of likely N-dealkylation sites (N-methyl/N-ethyl adjacent to an activating group) is 1. The summed E-state index contributed by atoms with van der Waals surface area (Å²) in [5.41, 5.74) is 0.322. The van der Waals surface area contributed by atoms with Gasteiger partial charge in [-0.2, -0.15) is 0 Å². The van der Waals surface area contributed by atoms with Crippen molar-refractivity contribution in [3.05, 3.63) is 23.8 Å². The molecule has 0 saturated heterocycles. The van der Waals surface area contributed by atoms with E-state index < -0.39 is 5.97 Å². The Morgan fingerprint density at radius 2 is 2.00 bits per heavy atom. The third kappa shape index (κ3) is 2.71. The molecule has 1 aliphatic heterocycles. The SMILES string of the molecule is CNC(=O)COC(=O)c1ccc2c(c1)OCCO2. The first-order valence-corrected chi connectivity index (χ1v) is 5.48. The highest BCUT2D eigenvalue weighted by molar-refractivity contribution is 5.92. The van der Waals surface area contributed by atoms with E-state index in [1.807, 2.05) is 0 Å². The van der Waals surface area contributed by atoms with E-state index in [9.17, 15) is 9.59 Å². The number of hydrogen-bond acceptors (Lipinski definition) is 5. The molecule has 0 atom stereocenters. The predicted octanol–water partition coefficient (Wildman–Crippen LogP) is 0.361.